The van der Waals surface area contributed by atoms with Gasteiger partial charge in [-0.25, -0.2) is 0 Å². The number of carbonyl (C=O) groups is 1. The molecular formula is C22H23ClN4O3S. The highest BCUT2D eigenvalue weighted by molar-refractivity contribution is 8.00. The molecule has 162 valence electrons. The number of anilines is 1. The van der Waals surface area contributed by atoms with Gasteiger partial charge in [0.25, 0.3) is 0 Å². The highest BCUT2D eigenvalue weighted by atomic mass is 35.5. The molecular weight excluding hydrogens is 436 g/mol. The van der Waals surface area contributed by atoms with Crippen LogP contribution in [0.25, 0.3) is 11.4 Å². The van der Waals surface area contributed by atoms with Gasteiger partial charge in [-0.05, 0) is 37.3 Å². The topological polar surface area (TPSA) is 78.3 Å². The fourth-order valence-corrected chi connectivity index (χ4v) is 4.01. The van der Waals surface area contributed by atoms with Crippen molar-refractivity contribution in [1.82, 2.24) is 14.8 Å². The molecule has 1 unspecified atom stereocenters. The Kier molecular flexibility index (Phi) is 7.59. The number of amides is 1. The van der Waals surface area contributed by atoms with E-state index in [4.69, 9.17) is 21.1 Å². The lowest BCUT2D eigenvalue weighted by atomic mass is 10.2. The van der Waals surface area contributed by atoms with Crippen LogP contribution in [0.15, 0.2) is 60.3 Å². The van der Waals surface area contributed by atoms with Crippen molar-refractivity contribution in [2.24, 2.45) is 0 Å². The van der Waals surface area contributed by atoms with E-state index >= 15 is 0 Å². The number of allylic oxidation sites excluding steroid dienone is 1. The summed E-state index contributed by atoms with van der Waals surface area (Å²) in [6, 6.07) is 12.7. The summed E-state index contributed by atoms with van der Waals surface area (Å²) in [4.78, 5) is 12.7. The Labute approximate surface area is 190 Å². The van der Waals surface area contributed by atoms with Gasteiger partial charge in [-0.1, -0.05) is 41.6 Å². The Morgan fingerprint density at radius 3 is 2.65 bits per heavy atom. The van der Waals surface area contributed by atoms with Crippen molar-refractivity contribution in [3.05, 3.63) is 60.1 Å². The largest absolute Gasteiger partial charge is 0.496 e. The molecule has 0 fully saturated rings. The molecule has 3 aromatic rings. The Morgan fingerprint density at radius 1 is 1.23 bits per heavy atom. The molecule has 1 N–H and O–H groups in total. The average Bonchev–Trinajstić information content (AvgIpc) is 3.16. The zero-order chi connectivity index (χ0) is 22.4. The van der Waals surface area contributed by atoms with Crippen LogP contribution < -0.4 is 14.8 Å². The van der Waals surface area contributed by atoms with Crippen molar-refractivity contribution < 1.29 is 14.3 Å². The fraction of sp³-hybridized carbons (Fsp3) is 0.227. The monoisotopic (exact) mass is 458 g/mol. The molecule has 0 saturated carbocycles. The van der Waals surface area contributed by atoms with E-state index in [1.165, 1.54) is 18.9 Å². The van der Waals surface area contributed by atoms with Gasteiger partial charge in [0, 0.05) is 12.2 Å². The Bertz CT molecular complexity index is 1090. The van der Waals surface area contributed by atoms with Crippen LogP contribution in [0, 0.1) is 0 Å². The van der Waals surface area contributed by atoms with Crippen molar-refractivity contribution in [3.8, 4) is 22.9 Å². The van der Waals surface area contributed by atoms with Crippen LogP contribution >= 0.6 is 23.4 Å². The lowest BCUT2D eigenvalue weighted by molar-refractivity contribution is -0.115. The first-order valence-corrected chi connectivity index (χ1v) is 10.7. The first kappa shape index (κ1) is 22.7. The Balaban J connectivity index is 1.80. The first-order chi connectivity index (χ1) is 15.0. The molecule has 1 heterocycles. The van der Waals surface area contributed by atoms with Gasteiger partial charge in [-0.15, -0.1) is 16.8 Å². The summed E-state index contributed by atoms with van der Waals surface area (Å²) < 4.78 is 12.5. The summed E-state index contributed by atoms with van der Waals surface area (Å²) in [7, 11) is 3.15. The second-order valence-electron chi connectivity index (χ2n) is 6.50. The van der Waals surface area contributed by atoms with Gasteiger partial charge in [-0.3, -0.25) is 9.36 Å². The van der Waals surface area contributed by atoms with Gasteiger partial charge >= 0.3 is 0 Å². The minimum absolute atomic E-state index is 0.182. The van der Waals surface area contributed by atoms with Crippen molar-refractivity contribution in [2.75, 3.05) is 19.5 Å². The van der Waals surface area contributed by atoms with Crippen LogP contribution in [0.5, 0.6) is 11.5 Å². The smallest absolute Gasteiger partial charge is 0.237 e. The van der Waals surface area contributed by atoms with E-state index in [1.807, 2.05) is 28.8 Å². The summed E-state index contributed by atoms with van der Waals surface area (Å²) in [5, 5.41) is 12.1. The average molecular weight is 459 g/mol. The number of aromatic nitrogens is 3. The Hall–Kier alpha value is -2.97. The molecule has 31 heavy (non-hydrogen) atoms. The number of para-hydroxylation sites is 1. The number of halogens is 1. The molecule has 0 radical (unpaired) electrons. The summed E-state index contributed by atoms with van der Waals surface area (Å²) in [5.41, 5.74) is 1.40. The number of nitrogens with one attached hydrogen (secondary N) is 1. The standard InChI is InChI=1S/C22H23ClN4O3S/c1-5-12-27-20(16-8-6-7-9-18(16)29-3)25-26-22(27)31-14(2)21(28)24-15-10-11-19(30-4)17(23)13-15/h5-11,13-14H,1,12H2,2-4H3,(H,24,28). The summed E-state index contributed by atoms with van der Waals surface area (Å²) in [6.07, 6.45) is 1.76. The predicted molar refractivity (Wildman–Crippen MR) is 124 cm³/mol. The predicted octanol–water partition coefficient (Wildman–Crippen LogP) is 4.92. The number of benzene rings is 2. The van der Waals surface area contributed by atoms with Crippen LogP contribution in [0.3, 0.4) is 0 Å². The van der Waals surface area contributed by atoms with E-state index in [9.17, 15) is 4.79 Å². The van der Waals surface area contributed by atoms with Gasteiger partial charge in [0.2, 0.25) is 5.91 Å². The third-order valence-electron chi connectivity index (χ3n) is 4.45. The van der Waals surface area contributed by atoms with Crippen LogP contribution in [0.4, 0.5) is 5.69 Å². The van der Waals surface area contributed by atoms with E-state index in [-0.39, 0.29) is 5.91 Å². The summed E-state index contributed by atoms with van der Waals surface area (Å²) in [5.74, 6) is 1.70. The molecule has 2 aromatic carbocycles. The second kappa shape index (κ2) is 10.4. The van der Waals surface area contributed by atoms with Gasteiger partial charge in [0.15, 0.2) is 11.0 Å². The molecule has 0 aliphatic heterocycles. The third kappa shape index (κ3) is 5.21. The van der Waals surface area contributed by atoms with Gasteiger partial charge in [0.1, 0.15) is 11.5 Å². The van der Waals surface area contributed by atoms with E-state index in [0.29, 0.717) is 39.7 Å². The zero-order valence-corrected chi connectivity index (χ0v) is 19.0. The van der Waals surface area contributed by atoms with Crippen LogP contribution in [0.1, 0.15) is 6.92 Å². The number of methoxy groups -OCH3 is 2. The number of hydrogen-bond acceptors (Lipinski definition) is 6. The quantitative estimate of drug-likeness (QED) is 0.362. The summed E-state index contributed by atoms with van der Waals surface area (Å²) >= 11 is 7.45. The molecule has 3 rings (SSSR count). The fourth-order valence-electron chi connectivity index (χ4n) is 2.90. The number of carbonyl (C=O) groups excluding carboxylic acids is 1. The normalized spacial score (nSPS) is 11.6. The van der Waals surface area contributed by atoms with Crippen LogP contribution in [0.2, 0.25) is 5.02 Å². The molecule has 0 saturated heterocycles. The molecule has 1 aromatic heterocycles. The van der Waals surface area contributed by atoms with Gasteiger partial charge in [0.05, 0.1) is 30.1 Å². The number of nitrogens with zero attached hydrogens (tertiary/aromatic N) is 3. The minimum Gasteiger partial charge on any atom is -0.496 e. The zero-order valence-electron chi connectivity index (χ0n) is 17.5. The number of thioether (sulfide) groups is 1. The van der Waals surface area contributed by atoms with Gasteiger partial charge in [-0.2, -0.15) is 0 Å². The maximum atomic E-state index is 12.7. The molecule has 0 spiro atoms. The maximum absolute atomic E-state index is 12.7. The van der Waals surface area contributed by atoms with Gasteiger partial charge < -0.3 is 14.8 Å². The Morgan fingerprint density at radius 2 is 1.97 bits per heavy atom. The minimum atomic E-state index is -0.431. The number of hydrogen-bond donors (Lipinski definition) is 1. The third-order valence-corrected chi connectivity index (χ3v) is 5.82. The highest BCUT2D eigenvalue weighted by Gasteiger charge is 2.22. The maximum Gasteiger partial charge on any atom is 0.237 e. The molecule has 0 bridgehead atoms. The molecule has 7 nitrogen and oxygen atoms in total. The van der Waals surface area contributed by atoms with E-state index in [2.05, 4.69) is 22.1 Å². The molecule has 0 aliphatic rings. The summed E-state index contributed by atoms with van der Waals surface area (Å²) in [6.45, 7) is 6.13. The highest BCUT2D eigenvalue weighted by Crippen LogP contribution is 2.32. The SMILES string of the molecule is C=CCn1c(SC(C)C(=O)Nc2ccc(OC)c(Cl)c2)nnc1-c1ccccc1OC. The van der Waals surface area contributed by atoms with Crippen LogP contribution in [-0.4, -0.2) is 40.1 Å². The molecule has 1 atom stereocenters. The first-order valence-electron chi connectivity index (χ1n) is 9.47. The van der Waals surface area contributed by atoms with Crippen molar-refractivity contribution in [3.63, 3.8) is 0 Å². The molecule has 0 aliphatic carbocycles. The van der Waals surface area contributed by atoms with Crippen molar-refractivity contribution in [2.45, 2.75) is 23.9 Å². The van der Waals surface area contributed by atoms with E-state index < -0.39 is 5.25 Å². The molecule has 9 heteroatoms. The lowest BCUT2D eigenvalue weighted by Gasteiger charge is -2.14. The van der Waals surface area contributed by atoms with Crippen molar-refractivity contribution >= 4 is 35.0 Å². The lowest BCUT2D eigenvalue weighted by Crippen LogP contribution is -2.23. The molecule has 1 amide bonds. The number of ether oxygens (including phenoxy) is 2. The van der Waals surface area contributed by atoms with E-state index in [1.54, 1.807) is 38.3 Å². The van der Waals surface area contributed by atoms with E-state index in [0.717, 1.165) is 5.56 Å². The second-order valence-corrected chi connectivity index (χ2v) is 8.22. The van der Waals surface area contributed by atoms with Crippen LogP contribution in [-0.2, 0) is 11.3 Å². The number of rotatable bonds is 9. The van der Waals surface area contributed by atoms with Crippen molar-refractivity contribution in [1.29, 1.82) is 0 Å².